The average molecular weight is 589 g/mol. The van der Waals surface area contributed by atoms with Crippen LogP contribution in [0.1, 0.15) is 19.3 Å². The number of carbonyl (C=O) groups excluding carboxylic acids is 1. The molecule has 0 atom stereocenters. The van der Waals surface area contributed by atoms with Gasteiger partial charge in [0.25, 0.3) is 10.0 Å². The van der Waals surface area contributed by atoms with E-state index in [1.165, 1.54) is 22.0 Å². The van der Waals surface area contributed by atoms with E-state index in [9.17, 15) is 13.2 Å². The molecule has 1 amide bonds. The van der Waals surface area contributed by atoms with Crippen molar-refractivity contribution < 1.29 is 30.2 Å². The van der Waals surface area contributed by atoms with Gasteiger partial charge in [0.2, 0.25) is 5.91 Å². The molecule has 35 heavy (non-hydrogen) atoms. The van der Waals surface area contributed by atoms with E-state index in [4.69, 9.17) is 0 Å². The molecule has 0 aliphatic rings. The highest BCUT2D eigenvalue weighted by Gasteiger charge is 2.44. The fraction of sp³-hybridized carbons (Fsp3) is 0.148. The minimum atomic E-state index is -3.78. The fourth-order valence-corrected chi connectivity index (χ4v) is 10.6. The first-order valence-electron chi connectivity index (χ1n) is 11.2. The number of halogens is 1. The lowest BCUT2D eigenvalue weighted by molar-refractivity contribution is -0.119. The van der Waals surface area contributed by atoms with Crippen LogP contribution in [0.25, 0.3) is 0 Å². The van der Waals surface area contributed by atoms with Gasteiger partial charge in [0, 0.05) is 6.42 Å². The van der Waals surface area contributed by atoms with Crippen LogP contribution in [0.5, 0.6) is 0 Å². The van der Waals surface area contributed by atoms with Crippen molar-refractivity contribution in [2.24, 2.45) is 0 Å². The van der Waals surface area contributed by atoms with E-state index in [1.807, 2.05) is 18.2 Å². The second-order valence-corrected chi connectivity index (χ2v) is 14.4. The molecule has 4 aromatic rings. The maximum atomic E-state index is 12.4. The Morgan fingerprint density at radius 1 is 0.714 bits per heavy atom. The third kappa shape index (κ3) is 6.47. The first-order chi connectivity index (χ1) is 16.5. The van der Waals surface area contributed by atoms with Crippen LogP contribution in [0, 0.1) is 0 Å². The summed E-state index contributed by atoms with van der Waals surface area (Å²) in [5.41, 5.74) is 0. The monoisotopic (exact) mass is 587 g/mol. The third-order valence-electron chi connectivity index (χ3n) is 5.75. The molecule has 0 saturated heterocycles. The van der Waals surface area contributed by atoms with E-state index in [0.717, 1.165) is 23.9 Å². The summed E-state index contributed by atoms with van der Waals surface area (Å²) >= 11 is 1.10. The maximum absolute atomic E-state index is 12.4. The zero-order valence-electron chi connectivity index (χ0n) is 19.1. The standard InChI is InChI=1S/C27H26NO3PS2.BrH/c29-26(28-34(30,31)27-20-12-22-33-27)19-10-11-21-32(23-13-4-1-5-14-23,24-15-6-2-7-16-24)25-17-8-3-9-18-25;/h1-9,12-18,20,22H,10-11,19,21H2;1H. The van der Waals surface area contributed by atoms with Crippen molar-refractivity contribution in [3.63, 3.8) is 0 Å². The molecular formula is C27H27BrNO3PS2. The number of benzene rings is 3. The average Bonchev–Trinajstić information content (AvgIpc) is 3.42. The van der Waals surface area contributed by atoms with E-state index < -0.39 is 23.2 Å². The van der Waals surface area contributed by atoms with Gasteiger partial charge in [-0.3, -0.25) is 4.79 Å². The molecule has 0 bridgehead atoms. The molecule has 0 aliphatic carbocycles. The molecular weight excluding hydrogens is 561 g/mol. The number of hydrogen-bond donors (Lipinski definition) is 1. The SMILES string of the molecule is O=C(CCCC[P+](c1ccccc1)(c1ccccc1)c1ccccc1)NS(=O)(=O)c1cccs1.[Br-]. The highest BCUT2D eigenvalue weighted by Crippen LogP contribution is 2.55. The van der Waals surface area contributed by atoms with Crippen LogP contribution in [0.15, 0.2) is 113 Å². The molecule has 0 fully saturated rings. The normalized spacial score (nSPS) is 11.4. The third-order valence-corrected chi connectivity index (χ3v) is 13.0. The molecule has 1 heterocycles. The van der Waals surface area contributed by atoms with E-state index in [-0.39, 0.29) is 27.6 Å². The van der Waals surface area contributed by atoms with Gasteiger partial charge in [-0.25, -0.2) is 13.1 Å². The number of nitrogens with one attached hydrogen (secondary N) is 1. The van der Waals surface area contributed by atoms with Crippen LogP contribution in [-0.4, -0.2) is 20.5 Å². The Balaban J connectivity index is 0.00000342. The van der Waals surface area contributed by atoms with Crippen LogP contribution in [-0.2, 0) is 14.8 Å². The number of sulfonamides is 1. The molecule has 3 aromatic carbocycles. The molecule has 0 spiro atoms. The van der Waals surface area contributed by atoms with Gasteiger partial charge in [-0.05, 0) is 60.7 Å². The molecule has 4 nitrogen and oxygen atoms in total. The topological polar surface area (TPSA) is 63.2 Å². The van der Waals surface area contributed by atoms with E-state index in [1.54, 1.807) is 11.4 Å². The van der Waals surface area contributed by atoms with Gasteiger partial charge < -0.3 is 17.0 Å². The van der Waals surface area contributed by atoms with Crippen molar-refractivity contribution in [3.8, 4) is 0 Å². The molecule has 182 valence electrons. The molecule has 1 aromatic heterocycles. The molecule has 0 unspecified atom stereocenters. The van der Waals surface area contributed by atoms with Crippen molar-refractivity contribution in [2.75, 3.05) is 6.16 Å². The largest absolute Gasteiger partial charge is 1.00 e. The summed E-state index contributed by atoms with van der Waals surface area (Å²) in [5, 5.41) is 5.59. The Morgan fingerprint density at radius 3 is 1.63 bits per heavy atom. The van der Waals surface area contributed by atoms with E-state index in [0.29, 0.717) is 6.42 Å². The Morgan fingerprint density at radius 2 is 1.20 bits per heavy atom. The number of hydrogen-bond acceptors (Lipinski definition) is 4. The van der Waals surface area contributed by atoms with Crippen molar-refractivity contribution in [2.45, 2.75) is 23.5 Å². The van der Waals surface area contributed by atoms with Gasteiger partial charge in [-0.2, -0.15) is 0 Å². The summed E-state index contributed by atoms with van der Waals surface area (Å²) < 4.78 is 27.0. The van der Waals surface area contributed by atoms with E-state index >= 15 is 0 Å². The summed E-state index contributed by atoms with van der Waals surface area (Å²) in [6.07, 6.45) is 2.48. The van der Waals surface area contributed by atoms with Crippen molar-refractivity contribution >= 4 is 50.4 Å². The van der Waals surface area contributed by atoms with Gasteiger partial charge in [0.05, 0.1) is 6.16 Å². The van der Waals surface area contributed by atoms with Gasteiger partial charge in [0.1, 0.15) is 27.4 Å². The maximum Gasteiger partial charge on any atom is 0.273 e. The zero-order chi connectivity index (χ0) is 23.9. The highest BCUT2D eigenvalue weighted by molar-refractivity contribution is 7.95. The van der Waals surface area contributed by atoms with Gasteiger partial charge in [-0.15, -0.1) is 11.3 Å². The minimum absolute atomic E-state index is 0. The lowest BCUT2D eigenvalue weighted by atomic mass is 10.2. The molecule has 0 aliphatic heterocycles. The van der Waals surface area contributed by atoms with Gasteiger partial charge in [-0.1, -0.05) is 60.7 Å². The molecule has 8 heteroatoms. The predicted octanol–water partition coefficient (Wildman–Crippen LogP) is 1.72. The number of thiophene rings is 1. The molecule has 1 N–H and O–H groups in total. The van der Waals surface area contributed by atoms with Crippen LogP contribution in [0.2, 0.25) is 0 Å². The summed E-state index contributed by atoms with van der Waals surface area (Å²) in [4.78, 5) is 12.4. The zero-order valence-corrected chi connectivity index (χ0v) is 23.2. The van der Waals surface area contributed by atoms with Crippen molar-refractivity contribution in [3.05, 3.63) is 109 Å². The van der Waals surface area contributed by atoms with Crippen molar-refractivity contribution in [1.29, 1.82) is 0 Å². The smallest absolute Gasteiger partial charge is 0.273 e. The summed E-state index contributed by atoms with van der Waals surface area (Å²) in [5.74, 6) is -0.462. The lowest BCUT2D eigenvalue weighted by Crippen LogP contribution is -3.00. The van der Waals surface area contributed by atoms with E-state index in [2.05, 4.69) is 77.5 Å². The summed E-state index contributed by atoms with van der Waals surface area (Å²) in [6, 6.07) is 35.0. The lowest BCUT2D eigenvalue weighted by Gasteiger charge is -2.27. The highest BCUT2D eigenvalue weighted by atomic mass is 79.9. The van der Waals surface area contributed by atoms with Crippen LogP contribution in [0.4, 0.5) is 0 Å². The number of amides is 1. The Hall–Kier alpha value is -2.31. The van der Waals surface area contributed by atoms with Crippen LogP contribution < -0.4 is 37.6 Å². The number of unbranched alkanes of at least 4 members (excludes halogenated alkanes) is 1. The number of carbonyl (C=O) groups is 1. The first kappa shape index (κ1) is 27.3. The second kappa shape index (κ2) is 12.6. The Kier molecular flexibility index (Phi) is 9.81. The van der Waals surface area contributed by atoms with Gasteiger partial charge >= 0.3 is 0 Å². The minimum Gasteiger partial charge on any atom is -1.00 e. The second-order valence-electron chi connectivity index (χ2n) is 7.96. The fourth-order valence-electron chi connectivity index (χ4n) is 4.18. The Bertz CT molecular complexity index is 1200. The Labute approximate surface area is 222 Å². The molecule has 0 saturated carbocycles. The first-order valence-corrected chi connectivity index (χ1v) is 15.5. The quantitative estimate of drug-likeness (QED) is 0.227. The molecule has 4 rings (SSSR count). The number of rotatable bonds is 10. The van der Waals surface area contributed by atoms with Crippen LogP contribution >= 0.6 is 18.6 Å². The summed E-state index contributed by atoms with van der Waals surface area (Å²) in [7, 11) is -5.73. The van der Waals surface area contributed by atoms with Gasteiger partial charge in [0.15, 0.2) is 0 Å². The summed E-state index contributed by atoms with van der Waals surface area (Å²) in [6.45, 7) is 0. The molecule has 0 radical (unpaired) electrons. The van der Waals surface area contributed by atoms with Crippen LogP contribution in [0.3, 0.4) is 0 Å². The predicted molar refractivity (Wildman–Crippen MR) is 144 cm³/mol. The van der Waals surface area contributed by atoms with Crippen molar-refractivity contribution in [1.82, 2.24) is 4.72 Å².